The fourth-order valence-corrected chi connectivity index (χ4v) is 9.78. The lowest BCUT2D eigenvalue weighted by molar-refractivity contribution is 0.996. The average Bonchev–Trinajstić information content (AvgIpc) is 3.88. The molecule has 3 heterocycles. The molecular formula is C60H38N4. The van der Waals surface area contributed by atoms with Crippen LogP contribution < -0.4 is 0 Å². The van der Waals surface area contributed by atoms with E-state index in [1.165, 1.54) is 60.0 Å². The van der Waals surface area contributed by atoms with Crippen LogP contribution in [0.15, 0.2) is 231 Å². The Labute approximate surface area is 369 Å². The van der Waals surface area contributed by atoms with E-state index in [0.717, 1.165) is 55.6 Å². The molecule has 0 saturated carbocycles. The van der Waals surface area contributed by atoms with E-state index >= 15 is 0 Å². The lowest BCUT2D eigenvalue weighted by Crippen LogP contribution is -2.04. The Balaban J connectivity index is 0.973. The predicted octanol–water partition coefficient (Wildman–Crippen LogP) is 15.6. The van der Waals surface area contributed by atoms with Gasteiger partial charge in [-0.3, -0.25) is 4.57 Å². The predicted molar refractivity (Wildman–Crippen MR) is 267 cm³/mol. The first-order chi connectivity index (χ1) is 31.7. The zero-order valence-corrected chi connectivity index (χ0v) is 34.7. The summed E-state index contributed by atoms with van der Waals surface area (Å²) in [4.78, 5) is 10.8. The smallest absolute Gasteiger partial charge is 0.235 e. The summed E-state index contributed by atoms with van der Waals surface area (Å²) >= 11 is 0. The van der Waals surface area contributed by atoms with Gasteiger partial charge in [-0.15, -0.1) is 0 Å². The van der Waals surface area contributed by atoms with E-state index in [1.54, 1.807) is 0 Å². The summed E-state index contributed by atoms with van der Waals surface area (Å²) in [6.07, 6.45) is 0. The maximum absolute atomic E-state index is 5.38. The van der Waals surface area contributed by atoms with Gasteiger partial charge >= 0.3 is 0 Å². The lowest BCUT2D eigenvalue weighted by Gasteiger charge is -2.13. The Hall–Kier alpha value is -8.60. The maximum Gasteiger partial charge on any atom is 0.235 e. The molecule has 0 atom stereocenters. The van der Waals surface area contributed by atoms with Crippen molar-refractivity contribution in [3.8, 4) is 56.4 Å². The van der Waals surface area contributed by atoms with Crippen LogP contribution in [0.25, 0.3) is 122 Å². The third-order valence-electron chi connectivity index (χ3n) is 12.9. The van der Waals surface area contributed by atoms with Crippen molar-refractivity contribution in [1.82, 2.24) is 19.1 Å². The molecule has 0 fully saturated rings. The third-order valence-corrected chi connectivity index (χ3v) is 12.9. The van der Waals surface area contributed by atoms with E-state index in [-0.39, 0.29) is 0 Å². The van der Waals surface area contributed by atoms with Gasteiger partial charge < -0.3 is 4.57 Å². The van der Waals surface area contributed by atoms with Crippen LogP contribution in [0.2, 0.25) is 0 Å². The maximum atomic E-state index is 5.38. The van der Waals surface area contributed by atoms with Gasteiger partial charge in [0.25, 0.3) is 0 Å². The van der Waals surface area contributed by atoms with Gasteiger partial charge in [-0.25, -0.2) is 9.97 Å². The van der Waals surface area contributed by atoms with Crippen LogP contribution in [-0.2, 0) is 0 Å². The summed E-state index contributed by atoms with van der Waals surface area (Å²) in [7, 11) is 0. The summed E-state index contributed by atoms with van der Waals surface area (Å²) in [6.45, 7) is 0. The molecule has 64 heavy (non-hydrogen) atoms. The minimum absolute atomic E-state index is 0.637. The Bertz CT molecular complexity index is 3870. The van der Waals surface area contributed by atoms with Gasteiger partial charge in [0.1, 0.15) is 0 Å². The second kappa shape index (κ2) is 14.5. The summed E-state index contributed by atoms with van der Waals surface area (Å²) in [6, 6.07) is 82.9. The van der Waals surface area contributed by atoms with Crippen molar-refractivity contribution >= 4 is 65.2 Å². The van der Waals surface area contributed by atoms with Crippen LogP contribution >= 0.6 is 0 Å². The number of nitrogens with zero attached hydrogens (tertiary/aromatic N) is 4. The summed E-state index contributed by atoms with van der Waals surface area (Å²) in [5, 5.41) is 9.52. The van der Waals surface area contributed by atoms with Crippen molar-refractivity contribution < 1.29 is 0 Å². The molecule has 0 aliphatic heterocycles. The summed E-state index contributed by atoms with van der Waals surface area (Å²) < 4.78 is 4.64. The molecule has 0 aliphatic carbocycles. The van der Waals surface area contributed by atoms with E-state index in [0.29, 0.717) is 5.95 Å². The van der Waals surface area contributed by atoms with Crippen LogP contribution in [0.1, 0.15) is 0 Å². The van der Waals surface area contributed by atoms with Crippen molar-refractivity contribution in [2.75, 3.05) is 0 Å². The van der Waals surface area contributed by atoms with Gasteiger partial charge in [0.15, 0.2) is 0 Å². The van der Waals surface area contributed by atoms with Gasteiger partial charge in [-0.2, -0.15) is 0 Å². The minimum atomic E-state index is 0.637. The Morgan fingerprint density at radius 1 is 0.250 bits per heavy atom. The second-order valence-electron chi connectivity index (χ2n) is 16.6. The highest BCUT2D eigenvalue weighted by Gasteiger charge is 2.19. The van der Waals surface area contributed by atoms with Crippen LogP contribution in [0.5, 0.6) is 0 Å². The monoisotopic (exact) mass is 814 g/mol. The first-order valence-electron chi connectivity index (χ1n) is 21.8. The molecule has 0 radical (unpaired) electrons. The molecule has 0 bridgehead atoms. The number of benzene rings is 10. The third kappa shape index (κ3) is 5.92. The summed E-state index contributed by atoms with van der Waals surface area (Å²) in [5.74, 6) is 0.637. The Kier molecular flexibility index (Phi) is 8.18. The van der Waals surface area contributed by atoms with Crippen molar-refractivity contribution in [2.45, 2.75) is 0 Å². The first-order valence-corrected chi connectivity index (χ1v) is 21.8. The van der Waals surface area contributed by atoms with Gasteiger partial charge in [0.2, 0.25) is 5.95 Å². The van der Waals surface area contributed by atoms with Gasteiger partial charge in [0.05, 0.1) is 33.5 Å². The molecule has 0 N–H and O–H groups in total. The van der Waals surface area contributed by atoms with Gasteiger partial charge in [0, 0.05) is 38.4 Å². The molecule has 0 aliphatic rings. The highest BCUT2D eigenvalue weighted by atomic mass is 15.2. The number of aromatic nitrogens is 4. The Morgan fingerprint density at radius 2 is 0.703 bits per heavy atom. The van der Waals surface area contributed by atoms with E-state index in [9.17, 15) is 0 Å². The van der Waals surface area contributed by atoms with Crippen molar-refractivity contribution in [1.29, 1.82) is 0 Å². The van der Waals surface area contributed by atoms with E-state index in [4.69, 9.17) is 9.97 Å². The van der Waals surface area contributed by atoms with Crippen LogP contribution in [0.4, 0.5) is 0 Å². The number of para-hydroxylation sites is 2. The molecule has 0 unspecified atom stereocenters. The van der Waals surface area contributed by atoms with Crippen LogP contribution in [0.3, 0.4) is 0 Å². The van der Waals surface area contributed by atoms with Gasteiger partial charge in [-0.1, -0.05) is 164 Å². The topological polar surface area (TPSA) is 35.6 Å². The largest absolute Gasteiger partial charge is 0.309 e. The summed E-state index contributed by atoms with van der Waals surface area (Å²) in [5.41, 5.74) is 14.2. The lowest BCUT2D eigenvalue weighted by atomic mass is 10.0. The SMILES string of the molecule is c1ccc(-c2cccc(-n3c4ccccc4c4cc(-c5ccc6c(c5)c5ccccc5n6-c5nc(-c6ccc7ccccc7c6)cc(-c6ccc7ccccc7c6)n5)ccc43)c2)cc1. The van der Waals surface area contributed by atoms with Crippen LogP contribution in [-0.4, -0.2) is 19.1 Å². The van der Waals surface area contributed by atoms with Gasteiger partial charge in [-0.05, 0) is 111 Å². The van der Waals surface area contributed by atoms with Crippen molar-refractivity contribution in [3.63, 3.8) is 0 Å². The molecule has 4 nitrogen and oxygen atoms in total. The first kappa shape index (κ1) is 36.1. The number of rotatable bonds is 6. The number of hydrogen-bond donors (Lipinski definition) is 0. The number of hydrogen-bond acceptors (Lipinski definition) is 2. The molecule has 10 aromatic carbocycles. The normalized spacial score (nSPS) is 11.8. The quantitative estimate of drug-likeness (QED) is 0.168. The van der Waals surface area contributed by atoms with Crippen molar-refractivity contribution in [3.05, 3.63) is 231 Å². The van der Waals surface area contributed by atoms with Crippen LogP contribution in [0, 0.1) is 0 Å². The molecule has 3 aromatic heterocycles. The molecular weight excluding hydrogens is 777 g/mol. The molecule has 13 rings (SSSR count). The molecule has 0 spiro atoms. The number of fused-ring (bicyclic) bond motifs is 8. The fourth-order valence-electron chi connectivity index (χ4n) is 9.78. The van der Waals surface area contributed by atoms with Crippen molar-refractivity contribution in [2.24, 2.45) is 0 Å². The highest BCUT2D eigenvalue weighted by molar-refractivity contribution is 6.12. The van der Waals surface area contributed by atoms with E-state index in [2.05, 4.69) is 240 Å². The Morgan fingerprint density at radius 3 is 1.31 bits per heavy atom. The average molecular weight is 815 g/mol. The molecule has 298 valence electrons. The fraction of sp³-hybridized carbons (Fsp3) is 0. The molecule has 4 heteroatoms. The zero-order valence-electron chi connectivity index (χ0n) is 34.7. The standard InChI is InChI=1S/C60H38N4/c1-2-13-39(14-3-1)44-19-12-20-49(35-44)63-56-23-10-8-21-50(56)52-36-45(29-31-58(52)63)46-30-32-59-53(37-46)51-22-9-11-24-57(51)64(59)60-61-54(47-27-25-40-15-4-6-17-42(40)33-47)38-55(62-60)48-28-26-41-16-5-7-18-43(41)34-48/h1-38H. The molecule has 13 aromatic rings. The molecule has 0 amide bonds. The second-order valence-corrected chi connectivity index (χ2v) is 16.6. The minimum Gasteiger partial charge on any atom is -0.309 e. The zero-order chi connectivity index (χ0) is 42.1. The highest BCUT2D eigenvalue weighted by Crippen LogP contribution is 2.39. The van der Waals surface area contributed by atoms with E-state index in [1.807, 2.05) is 0 Å². The van der Waals surface area contributed by atoms with E-state index < -0.39 is 0 Å². The molecule has 0 saturated heterocycles.